The van der Waals surface area contributed by atoms with Gasteiger partial charge in [0.15, 0.2) is 0 Å². The molecule has 1 amide bonds. The SMILES string of the molecule is Cl.O=C(O)CNC(=O)[C@H]1Cc2ccccc2CN1. The highest BCUT2D eigenvalue weighted by atomic mass is 35.5. The summed E-state index contributed by atoms with van der Waals surface area (Å²) in [6.07, 6.45) is 0.599. The molecule has 5 nitrogen and oxygen atoms in total. The Morgan fingerprint density at radius 1 is 1.33 bits per heavy atom. The molecule has 1 aromatic rings. The van der Waals surface area contributed by atoms with Crippen LogP contribution in [0, 0.1) is 0 Å². The number of carboxylic acid groups (broad SMARTS) is 1. The molecule has 0 aliphatic carbocycles. The molecular weight excluding hydrogens is 256 g/mol. The fourth-order valence-electron chi connectivity index (χ4n) is 1.93. The number of carbonyl (C=O) groups is 2. The van der Waals surface area contributed by atoms with Gasteiger partial charge in [-0.1, -0.05) is 24.3 Å². The zero-order chi connectivity index (χ0) is 12.3. The molecule has 0 unspecified atom stereocenters. The van der Waals surface area contributed by atoms with E-state index >= 15 is 0 Å². The van der Waals surface area contributed by atoms with Gasteiger partial charge >= 0.3 is 5.97 Å². The van der Waals surface area contributed by atoms with E-state index in [-0.39, 0.29) is 30.9 Å². The zero-order valence-electron chi connectivity index (χ0n) is 9.68. The average molecular weight is 271 g/mol. The summed E-state index contributed by atoms with van der Waals surface area (Å²) in [6, 6.07) is 7.58. The van der Waals surface area contributed by atoms with Crippen molar-refractivity contribution < 1.29 is 14.7 Å². The molecule has 0 saturated heterocycles. The molecule has 0 saturated carbocycles. The minimum Gasteiger partial charge on any atom is -0.480 e. The van der Waals surface area contributed by atoms with Gasteiger partial charge in [0.1, 0.15) is 6.54 Å². The number of halogens is 1. The largest absolute Gasteiger partial charge is 0.480 e. The number of amides is 1. The standard InChI is InChI=1S/C12H14N2O3.ClH/c15-11(16)7-14-12(17)10-5-8-3-1-2-4-9(8)6-13-10;/h1-4,10,13H,5-7H2,(H,14,17)(H,15,16);1H/t10-;/m1./s1. The van der Waals surface area contributed by atoms with Gasteiger partial charge in [-0.25, -0.2) is 0 Å². The molecule has 1 heterocycles. The molecule has 0 bridgehead atoms. The molecule has 18 heavy (non-hydrogen) atoms. The van der Waals surface area contributed by atoms with E-state index in [2.05, 4.69) is 10.6 Å². The van der Waals surface area contributed by atoms with Crippen molar-refractivity contribution in [3.05, 3.63) is 35.4 Å². The Labute approximate surface area is 111 Å². The number of aliphatic carboxylic acids is 1. The number of carboxylic acids is 1. The first-order valence-electron chi connectivity index (χ1n) is 5.46. The molecule has 0 radical (unpaired) electrons. The van der Waals surface area contributed by atoms with E-state index < -0.39 is 5.97 Å². The second-order valence-corrected chi connectivity index (χ2v) is 4.02. The topological polar surface area (TPSA) is 78.4 Å². The number of fused-ring (bicyclic) bond motifs is 1. The molecule has 1 aliphatic heterocycles. The lowest BCUT2D eigenvalue weighted by Gasteiger charge is -2.25. The smallest absolute Gasteiger partial charge is 0.322 e. The van der Waals surface area contributed by atoms with E-state index in [4.69, 9.17) is 5.11 Å². The average Bonchev–Trinajstić information content (AvgIpc) is 2.35. The number of benzene rings is 1. The summed E-state index contributed by atoms with van der Waals surface area (Å²) in [5.74, 6) is -1.29. The molecule has 2 rings (SSSR count). The van der Waals surface area contributed by atoms with Crippen LogP contribution in [0.2, 0.25) is 0 Å². The van der Waals surface area contributed by atoms with Crippen LogP contribution >= 0.6 is 12.4 Å². The Balaban J connectivity index is 0.00000162. The molecule has 0 spiro atoms. The van der Waals surface area contributed by atoms with Crippen LogP contribution in [-0.4, -0.2) is 29.6 Å². The van der Waals surface area contributed by atoms with E-state index in [1.807, 2.05) is 24.3 Å². The van der Waals surface area contributed by atoms with Gasteiger partial charge in [-0.05, 0) is 17.5 Å². The van der Waals surface area contributed by atoms with Crippen LogP contribution in [-0.2, 0) is 22.6 Å². The minimum atomic E-state index is -1.03. The summed E-state index contributed by atoms with van der Waals surface area (Å²) in [4.78, 5) is 22.0. The van der Waals surface area contributed by atoms with E-state index in [0.29, 0.717) is 13.0 Å². The third kappa shape index (κ3) is 3.45. The fourth-order valence-corrected chi connectivity index (χ4v) is 1.93. The van der Waals surface area contributed by atoms with E-state index in [0.717, 1.165) is 5.56 Å². The highest BCUT2D eigenvalue weighted by Gasteiger charge is 2.23. The monoisotopic (exact) mass is 270 g/mol. The normalized spacial score (nSPS) is 17.2. The zero-order valence-corrected chi connectivity index (χ0v) is 10.5. The molecule has 98 valence electrons. The first-order valence-corrected chi connectivity index (χ1v) is 5.46. The lowest BCUT2D eigenvalue weighted by Crippen LogP contribution is -2.48. The third-order valence-corrected chi connectivity index (χ3v) is 2.81. The summed E-state index contributed by atoms with van der Waals surface area (Å²) in [5, 5.41) is 14.0. The quantitative estimate of drug-likeness (QED) is 0.739. The summed E-state index contributed by atoms with van der Waals surface area (Å²) in [7, 11) is 0. The predicted octanol–water partition coefficient (Wildman–Crippen LogP) is 0.323. The Bertz CT molecular complexity index is 451. The summed E-state index contributed by atoms with van der Waals surface area (Å²) in [5.41, 5.74) is 2.33. The molecule has 1 aliphatic rings. The van der Waals surface area contributed by atoms with Crippen LogP contribution in [0.25, 0.3) is 0 Å². The summed E-state index contributed by atoms with van der Waals surface area (Å²) >= 11 is 0. The Hall–Kier alpha value is -1.59. The van der Waals surface area contributed by atoms with Crippen molar-refractivity contribution in [3.8, 4) is 0 Å². The predicted molar refractivity (Wildman–Crippen MR) is 68.7 cm³/mol. The van der Waals surface area contributed by atoms with Crippen molar-refractivity contribution in [3.63, 3.8) is 0 Å². The van der Waals surface area contributed by atoms with Crippen LogP contribution in [0.15, 0.2) is 24.3 Å². The van der Waals surface area contributed by atoms with Crippen molar-refractivity contribution in [2.75, 3.05) is 6.54 Å². The molecule has 1 aromatic carbocycles. The maximum absolute atomic E-state index is 11.7. The number of rotatable bonds is 3. The second kappa shape index (κ2) is 6.37. The van der Waals surface area contributed by atoms with Crippen molar-refractivity contribution in [1.29, 1.82) is 0 Å². The first kappa shape index (κ1) is 14.5. The van der Waals surface area contributed by atoms with Gasteiger partial charge in [0.25, 0.3) is 0 Å². The Kier molecular flexibility index (Phi) is 5.12. The molecule has 1 atom stereocenters. The van der Waals surface area contributed by atoms with Gasteiger partial charge in [0.2, 0.25) is 5.91 Å². The summed E-state index contributed by atoms with van der Waals surface area (Å²) in [6.45, 7) is 0.306. The highest BCUT2D eigenvalue weighted by Crippen LogP contribution is 2.16. The molecule has 3 N–H and O–H groups in total. The van der Waals surface area contributed by atoms with Gasteiger partial charge in [0, 0.05) is 6.54 Å². The van der Waals surface area contributed by atoms with E-state index in [9.17, 15) is 9.59 Å². The maximum atomic E-state index is 11.7. The first-order chi connectivity index (χ1) is 8.16. The number of hydrogen-bond donors (Lipinski definition) is 3. The number of carbonyl (C=O) groups excluding carboxylic acids is 1. The van der Waals surface area contributed by atoms with Crippen LogP contribution in [0.4, 0.5) is 0 Å². The minimum absolute atomic E-state index is 0. The number of hydrogen-bond acceptors (Lipinski definition) is 3. The van der Waals surface area contributed by atoms with Crippen molar-refractivity contribution in [2.45, 2.75) is 19.0 Å². The highest BCUT2D eigenvalue weighted by molar-refractivity contribution is 5.86. The van der Waals surface area contributed by atoms with Crippen molar-refractivity contribution in [1.82, 2.24) is 10.6 Å². The maximum Gasteiger partial charge on any atom is 0.322 e. The van der Waals surface area contributed by atoms with Gasteiger partial charge in [-0.2, -0.15) is 0 Å². The van der Waals surface area contributed by atoms with Crippen LogP contribution in [0.1, 0.15) is 11.1 Å². The van der Waals surface area contributed by atoms with Gasteiger partial charge in [-0.15, -0.1) is 12.4 Å². The second-order valence-electron chi connectivity index (χ2n) is 4.02. The van der Waals surface area contributed by atoms with Gasteiger partial charge in [0.05, 0.1) is 6.04 Å². The van der Waals surface area contributed by atoms with E-state index in [1.54, 1.807) is 0 Å². The molecule has 0 fully saturated rings. The molecule has 6 heteroatoms. The molecule has 0 aromatic heterocycles. The van der Waals surface area contributed by atoms with Gasteiger partial charge in [-0.3, -0.25) is 9.59 Å². The van der Waals surface area contributed by atoms with E-state index in [1.165, 1.54) is 5.56 Å². The van der Waals surface area contributed by atoms with Crippen molar-refractivity contribution in [2.24, 2.45) is 0 Å². The van der Waals surface area contributed by atoms with Crippen LogP contribution < -0.4 is 10.6 Å². The molecular formula is C12H15ClN2O3. The number of nitrogens with one attached hydrogen (secondary N) is 2. The fraction of sp³-hybridized carbons (Fsp3) is 0.333. The Morgan fingerprint density at radius 2 is 2.00 bits per heavy atom. The van der Waals surface area contributed by atoms with Gasteiger partial charge < -0.3 is 15.7 Å². The third-order valence-electron chi connectivity index (χ3n) is 2.81. The van der Waals surface area contributed by atoms with Crippen LogP contribution in [0.3, 0.4) is 0 Å². The lowest BCUT2D eigenvalue weighted by molar-refractivity contribution is -0.138. The summed E-state index contributed by atoms with van der Waals surface area (Å²) < 4.78 is 0. The Morgan fingerprint density at radius 3 is 2.67 bits per heavy atom. The van der Waals surface area contributed by atoms with Crippen molar-refractivity contribution >= 4 is 24.3 Å². The lowest BCUT2D eigenvalue weighted by atomic mass is 9.95. The van der Waals surface area contributed by atoms with Crippen LogP contribution in [0.5, 0.6) is 0 Å².